The first kappa shape index (κ1) is 11.9. The molecule has 1 aliphatic heterocycles. The van der Waals surface area contributed by atoms with Crippen LogP contribution in [0.1, 0.15) is 18.6 Å². The number of likely N-dealkylation sites (N-methyl/N-ethyl adjacent to an activating group) is 1. The molecular formula is C13H18N2O2. The average molecular weight is 234 g/mol. The summed E-state index contributed by atoms with van der Waals surface area (Å²) in [5.41, 5.74) is 0. The van der Waals surface area contributed by atoms with E-state index in [0.717, 1.165) is 25.9 Å². The molecule has 92 valence electrons. The van der Waals surface area contributed by atoms with E-state index in [1.165, 1.54) is 0 Å². The standard InChI is InChI=1S/C13H18N2O2/c1-15(11-4-2-8-14-10-11)13(16)7-6-12-5-3-9-17-12/h3,5-7,9,11,14H,2,4,8,10H2,1H3. The van der Waals surface area contributed by atoms with Gasteiger partial charge in [0, 0.05) is 25.7 Å². The van der Waals surface area contributed by atoms with Crippen LogP contribution in [0.3, 0.4) is 0 Å². The number of amides is 1. The third kappa shape index (κ3) is 3.20. The average Bonchev–Trinajstić information content (AvgIpc) is 2.89. The Morgan fingerprint density at radius 3 is 3.18 bits per heavy atom. The van der Waals surface area contributed by atoms with Crippen LogP contribution in [0, 0.1) is 0 Å². The lowest BCUT2D eigenvalue weighted by molar-refractivity contribution is -0.127. The van der Waals surface area contributed by atoms with Crippen molar-refractivity contribution >= 4 is 12.0 Å². The predicted octanol–water partition coefficient (Wildman–Crippen LogP) is 1.50. The van der Waals surface area contributed by atoms with E-state index in [1.807, 2.05) is 13.1 Å². The molecule has 1 fully saturated rings. The third-order valence-electron chi connectivity index (χ3n) is 3.10. The molecule has 17 heavy (non-hydrogen) atoms. The maximum Gasteiger partial charge on any atom is 0.246 e. The maximum atomic E-state index is 11.9. The molecule has 2 heterocycles. The molecule has 0 bridgehead atoms. The molecule has 0 spiro atoms. The summed E-state index contributed by atoms with van der Waals surface area (Å²) >= 11 is 0. The van der Waals surface area contributed by atoms with E-state index >= 15 is 0 Å². The summed E-state index contributed by atoms with van der Waals surface area (Å²) in [6.45, 7) is 1.94. The maximum absolute atomic E-state index is 11.9. The van der Waals surface area contributed by atoms with Crippen LogP contribution in [-0.2, 0) is 4.79 Å². The number of carbonyl (C=O) groups excluding carboxylic acids is 1. The molecule has 1 aromatic heterocycles. The van der Waals surface area contributed by atoms with Gasteiger partial charge in [-0.1, -0.05) is 0 Å². The van der Waals surface area contributed by atoms with Crippen LogP contribution in [0.4, 0.5) is 0 Å². The van der Waals surface area contributed by atoms with Crippen molar-refractivity contribution in [3.63, 3.8) is 0 Å². The van der Waals surface area contributed by atoms with Gasteiger partial charge in [0.05, 0.1) is 6.26 Å². The first-order chi connectivity index (χ1) is 8.27. The van der Waals surface area contributed by atoms with E-state index in [2.05, 4.69) is 5.32 Å². The molecule has 1 atom stereocenters. The Bertz CT molecular complexity index is 378. The van der Waals surface area contributed by atoms with Crippen LogP contribution in [0.25, 0.3) is 6.08 Å². The van der Waals surface area contributed by atoms with Crippen LogP contribution >= 0.6 is 0 Å². The van der Waals surface area contributed by atoms with Crippen molar-refractivity contribution in [3.8, 4) is 0 Å². The molecule has 1 N–H and O–H groups in total. The van der Waals surface area contributed by atoms with Crippen molar-refractivity contribution in [2.45, 2.75) is 18.9 Å². The van der Waals surface area contributed by atoms with E-state index in [9.17, 15) is 4.79 Å². The quantitative estimate of drug-likeness (QED) is 0.806. The molecule has 1 aromatic rings. The SMILES string of the molecule is CN(C(=O)C=Cc1ccco1)C1CCCNC1. The summed E-state index contributed by atoms with van der Waals surface area (Å²) < 4.78 is 5.14. The second-order valence-corrected chi connectivity index (χ2v) is 4.30. The zero-order valence-electron chi connectivity index (χ0n) is 10.1. The minimum atomic E-state index is 0.0232. The molecule has 0 saturated carbocycles. The van der Waals surface area contributed by atoms with E-state index in [4.69, 9.17) is 4.42 Å². The van der Waals surface area contributed by atoms with Gasteiger partial charge >= 0.3 is 0 Å². The first-order valence-electron chi connectivity index (χ1n) is 5.96. The van der Waals surface area contributed by atoms with Crippen LogP contribution in [0.15, 0.2) is 28.9 Å². The lowest BCUT2D eigenvalue weighted by atomic mass is 10.1. The van der Waals surface area contributed by atoms with Gasteiger partial charge in [-0.15, -0.1) is 0 Å². The summed E-state index contributed by atoms with van der Waals surface area (Å²) in [6, 6.07) is 3.93. The Labute approximate surface area is 101 Å². The van der Waals surface area contributed by atoms with Gasteiger partial charge in [0.15, 0.2) is 0 Å². The zero-order chi connectivity index (χ0) is 12.1. The number of rotatable bonds is 3. The van der Waals surface area contributed by atoms with Gasteiger partial charge < -0.3 is 14.6 Å². The fraction of sp³-hybridized carbons (Fsp3) is 0.462. The molecule has 1 unspecified atom stereocenters. The van der Waals surface area contributed by atoms with Crippen molar-refractivity contribution < 1.29 is 9.21 Å². The Morgan fingerprint density at radius 1 is 1.65 bits per heavy atom. The van der Waals surface area contributed by atoms with Crippen molar-refractivity contribution in [2.24, 2.45) is 0 Å². The molecule has 0 aliphatic carbocycles. The van der Waals surface area contributed by atoms with Crippen LogP contribution in [0.5, 0.6) is 0 Å². The second kappa shape index (κ2) is 5.68. The van der Waals surface area contributed by atoms with Gasteiger partial charge in [0.25, 0.3) is 0 Å². The van der Waals surface area contributed by atoms with Gasteiger partial charge in [-0.05, 0) is 37.6 Å². The van der Waals surface area contributed by atoms with E-state index in [1.54, 1.807) is 29.4 Å². The predicted molar refractivity (Wildman–Crippen MR) is 66.4 cm³/mol. The van der Waals surface area contributed by atoms with Gasteiger partial charge in [-0.25, -0.2) is 0 Å². The van der Waals surface area contributed by atoms with E-state index in [-0.39, 0.29) is 5.91 Å². The van der Waals surface area contributed by atoms with Crippen molar-refractivity contribution in [2.75, 3.05) is 20.1 Å². The lowest BCUT2D eigenvalue weighted by Gasteiger charge is -2.30. The molecule has 2 rings (SSSR count). The molecule has 4 heteroatoms. The molecule has 1 amide bonds. The molecule has 4 nitrogen and oxygen atoms in total. The summed E-state index contributed by atoms with van der Waals surface area (Å²) in [5.74, 6) is 0.726. The Morgan fingerprint density at radius 2 is 2.53 bits per heavy atom. The van der Waals surface area contributed by atoms with E-state index in [0.29, 0.717) is 11.8 Å². The number of hydrogen-bond acceptors (Lipinski definition) is 3. The molecule has 0 radical (unpaired) electrons. The normalized spacial score (nSPS) is 20.6. The minimum Gasteiger partial charge on any atom is -0.465 e. The highest BCUT2D eigenvalue weighted by atomic mass is 16.3. The number of piperidine rings is 1. The van der Waals surface area contributed by atoms with Crippen molar-refractivity contribution in [1.29, 1.82) is 0 Å². The van der Waals surface area contributed by atoms with Crippen LogP contribution in [-0.4, -0.2) is 37.0 Å². The molecular weight excluding hydrogens is 216 g/mol. The number of hydrogen-bond donors (Lipinski definition) is 1. The summed E-state index contributed by atoms with van der Waals surface area (Å²) in [7, 11) is 1.85. The Kier molecular flexibility index (Phi) is 3.98. The molecule has 1 aliphatic rings. The number of furan rings is 1. The smallest absolute Gasteiger partial charge is 0.246 e. The van der Waals surface area contributed by atoms with E-state index < -0.39 is 0 Å². The van der Waals surface area contributed by atoms with Crippen molar-refractivity contribution in [3.05, 3.63) is 30.2 Å². The fourth-order valence-corrected chi connectivity index (χ4v) is 2.00. The Hall–Kier alpha value is -1.55. The van der Waals surface area contributed by atoms with Crippen LogP contribution < -0.4 is 5.32 Å². The highest BCUT2D eigenvalue weighted by Gasteiger charge is 2.20. The largest absolute Gasteiger partial charge is 0.465 e. The third-order valence-corrected chi connectivity index (χ3v) is 3.10. The van der Waals surface area contributed by atoms with Gasteiger partial charge in [0.2, 0.25) is 5.91 Å². The summed E-state index contributed by atoms with van der Waals surface area (Å²) in [5, 5.41) is 3.30. The minimum absolute atomic E-state index is 0.0232. The van der Waals surface area contributed by atoms with Gasteiger partial charge in [0.1, 0.15) is 5.76 Å². The lowest BCUT2D eigenvalue weighted by Crippen LogP contribution is -2.46. The molecule has 0 aromatic carbocycles. The molecule has 1 saturated heterocycles. The van der Waals surface area contributed by atoms with Gasteiger partial charge in [-0.3, -0.25) is 4.79 Å². The highest BCUT2D eigenvalue weighted by Crippen LogP contribution is 2.10. The number of nitrogens with one attached hydrogen (secondary N) is 1. The zero-order valence-corrected chi connectivity index (χ0v) is 10.1. The number of nitrogens with zero attached hydrogens (tertiary/aromatic N) is 1. The number of carbonyl (C=O) groups is 1. The monoisotopic (exact) mass is 234 g/mol. The van der Waals surface area contributed by atoms with Crippen LogP contribution in [0.2, 0.25) is 0 Å². The van der Waals surface area contributed by atoms with Gasteiger partial charge in [-0.2, -0.15) is 0 Å². The highest BCUT2D eigenvalue weighted by molar-refractivity contribution is 5.91. The summed E-state index contributed by atoms with van der Waals surface area (Å²) in [6.07, 6.45) is 7.06. The summed E-state index contributed by atoms with van der Waals surface area (Å²) in [4.78, 5) is 13.7. The topological polar surface area (TPSA) is 45.5 Å². The first-order valence-corrected chi connectivity index (χ1v) is 5.96. The second-order valence-electron chi connectivity index (χ2n) is 4.30. The Balaban J connectivity index is 1.90. The van der Waals surface area contributed by atoms with Crippen molar-refractivity contribution in [1.82, 2.24) is 10.2 Å². The fourth-order valence-electron chi connectivity index (χ4n) is 2.00.